The van der Waals surface area contributed by atoms with Crippen molar-refractivity contribution in [2.45, 2.75) is 25.7 Å². The van der Waals surface area contributed by atoms with Gasteiger partial charge in [0.2, 0.25) is 0 Å². The van der Waals surface area contributed by atoms with Crippen molar-refractivity contribution in [3.8, 4) is 5.75 Å². The highest BCUT2D eigenvalue weighted by Gasteiger charge is 1.93. The zero-order valence-corrected chi connectivity index (χ0v) is 7.83. The monoisotopic (exact) mass is 183 g/mol. The van der Waals surface area contributed by atoms with E-state index in [-0.39, 0.29) is 0 Å². The second kappa shape index (κ2) is 6.48. The number of H-pyrrole nitrogens is 1. The Balaban J connectivity index is 1.90. The van der Waals surface area contributed by atoms with Gasteiger partial charge in [-0.3, -0.25) is 5.10 Å². The van der Waals surface area contributed by atoms with Crippen LogP contribution in [0.25, 0.3) is 0 Å². The van der Waals surface area contributed by atoms with Crippen LogP contribution in [0, 0.1) is 0 Å². The molecule has 74 valence electrons. The highest BCUT2D eigenvalue weighted by Crippen LogP contribution is 2.06. The van der Waals surface area contributed by atoms with Gasteiger partial charge in [-0.05, 0) is 19.4 Å². The number of aromatic amines is 1. The predicted molar refractivity (Wildman–Crippen MR) is 51.6 cm³/mol. The Hall–Kier alpha value is -1.03. The summed E-state index contributed by atoms with van der Waals surface area (Å²) in [5.41, 5.74) is 5.38. The number of ether oxygens (including phenoxy) is 1. The molecule has 0 atom stereocenters. The van der Waals surface area contributed by atoms with Crippen molar-refractivity contribution in [2.24, 2.45) is 5.73 Å². The largest absolute Gasteiger partial charge is 0.490 e. The molecule has 1 rings (SSSR count). The maximum absolute atomic E-state index is 5.40. The van der Waals surface area contributed by atoms with E-state index in [0.717, 1.165) is 31.7 Å². The normalized spacial score (nSPS) is 10.2. The van der Waals surface area contributed by atoms with Crippen molar-refractivity contribution in [3.63, 3.8) is 0 Å². The molecule has 0 radical (unpaired) electrons. The number of nitrogens with two attached hydrogens (primary N) is 1. The Morgan fingerprint density at radius 3 is 2.85 bits per heavy atom. The van der Waals surface area contributed by atoms with E-state index in [0.29, 0.717) is 0 Å². The van der Waals surface area contributed by atoms with Crippen molar-refractivity contribution >= 4 is 0 Å². The van der Waals surface area contributed by atoms with Crippen LogP contribution < -0.4 is 10.5 Å². The van der Waals surface area contributed by atoms with E-state index in [9.17, 15) is 0 Å². The van der Waals surface area contributed by atoms with Gasteiger partial charge in [-0.1, -0.05) is 12.8 Å². The summed E-state index contributed by atoms with van der Waals surface area (Å²) in [6.45, 7) is 1.56. The van der Waals surface area contributed by atoms with Crippen molar-refractivity contribution in [1.29, 1.82) is 0 Å². The van der Waals surface area contributed by atoms with Crippen LogP contribution in [0.2, 0.25) is 0 Å². The Bertz CT molecular complexity index is 199. The molecule has 4 heteroatoms. The molecule has 0 saturated carbocycles. The summed E-state index contributed by atoms with van der Waals surface area (Å²) in [6.07, 6.45) is 8.02. The van der Waals surface area contributed by atoms with Crippen LogP contribution >= 0.6 is 0 Å². The fourth-order valence-corrected chi connectivity index (χ4v) is 1.11. The third kappa shape index (κ3) is 4.52. The quantitative estimate of drug-likeness (QED) is 0.626. The Kier molecular flexibility index (Phi) is 5.01. The summed E-state index contributed by atoms with van der Waals surface area (Å²) in [5.74, 6) is 0.818. The van der Waals surface area contributed by atoms with E-state index in [1.807, 2.05) is 0 Å². The van der Waals surface area contributed by atoms with Crippen LogP contribution in [0.5, 0.6) is 5.75 Å². The molecule has 0 aromatic carbocycles. The van der Waals surface area contributed by atoms with Crippen LogP contribution in [0.15, 0.2) is 12.4 Å². The van der Waals surface area contributed by atoms with Crippen molar-refractivity contribution in [2.75, 3.05) is 13.2 Å². The molecule has 0 bridgehead atoms. The number of unbranched alkanes of at least 4 members (excludes halogenated alkanes) is 3. The van der Waals surface area contributed by atoms with Gasteiger partial charge in [0.25, 0.3) is 0 Å². The van der Waals surface area contributed by atoms with E-state index in [1.54, 1.807) is 12.4 Å². The molecule has 1 aromatic rings. The standard InChI is InChI=1S/C9H17N3O/c10-5-3-1-2-4-6-13-9-7-11-12-8-9/h7-8H,1-6,10H2,(H,11,12). The fraction of sp³-hybridized carbons (Fsp3) is 0.667. The summed E-state index contributed by atoms with van der Waals surface area (Å²) < 4.78 is 5.40. The van der Waals surface area contributed by atoms with E-state index >= 15 is 0 Å². The van der Waals surface area contributed by atoms with Crippen molar-refractivity contribution in [3.05, 3.63) is 12.4 Å². The van der Waals surface area contributed by atoms with Gasteiger partial charge in [0, 0.05) is 0 Å². The average molecular weight is 183 g/mol. The van der Waals surface area contributed by atoms with Crippen LogP contribution in [0.3, 0.4) is 0 Å². The average Bonchev–Trinajstić information content (AvgIpc) is 2.63. The Morgan fingerprint density at radius 1 is 1.31 bits per heavy atom. The smallest absolute Gasteiger partial charge is 0.156 e. The van der Waals surface area contributed by atoms with Gasteiger partial charge in [0.15, 0.2) is 5.75 Å². The van der Waals surface area contributed by atoms with Crippen molar-refractivity contribution < 1.29 is 4.74 Å². The predicted octanol–water partition coefficient (Wildman–Crippen LogP) is 1.31. The summed E-state index contributed by atoms with van der Waals surface area (Å²) in [7, 11) is 0. The lowest BCUT2D eigenvalue weighted by molar-refractivity contribution is 0.305. The van der Waals surface area contributed by atoms with Crippen LogP contribution in [0.1, 0.15) is 25.7 Å². The number of aromatic nitrogens is 2. The molecule has 1 aromatic heterocycles. The SMILES string of the molecule is NCCCCCCOc1cn[nH]c1. The zero-order valence-electron chi connectivity index (χ0n) is 7.83. The van der Waals surface area contributed by atoms with Gasteiger partial charge in [-0.2, -0.15) is 5.10 Å². The van der Waals surface area contributed by atoms with E-state index in [4.69, 9.17) is 10.5 Å². The summed E-state index contributed by atoms with van der Waals surface area (Å²) in [4.78, 5) is 0. The molecule has 0 aliphatic carbocycles. The number of nitrogens with zero attached hydrogens (tertiary/aromatic N) is 1. The number of rotatable bonds is 7. The second-order valence-corrected chi connectivity index (χ2v) is 2.99. The minimum absolute atomic E-state index is 0.768. The lowest BCUT2D eigenvalue weighted by Gasteiger charge is -2.02. The highest BCUT2D eigenvalue weighted by atomic mass is 16.5. The van der Waals surface area contributed by atoms with Gasteiger partial charge < -0.3 is 10.5 Å². The van der Waals surface area contributed by atoms with Crippen LogP contribution in [-0.4, -0.2) is 23.3 Å². The molecule has 0 aliphatic rings. The van der Waals surface area contributed by atoms with Gasteiger partial charge in [0.1, 0.15) is 0 Å². The molecular weight excluding hydrogens is 166 g/mol. The Morgan fingerprint density at radius 2 is 2.15 bits per heavy atom. The first kappa shape index (κ1) is 10.1. The summed E-state index contributed by atoms with van der Waals surface area (Å²) in [6, 6.07) is 0. The maximum atomic E-state index is 5.40. The number of nitrogens with one attached hydrogen (secondary N) is 1. The molecular formula is C9H17N3O. The van der Waals surface area contributed by atoms with E-state index < -0.39 is 0 Å². The third-order valence-electron chi connectivity index (χ3n) is 1.84. The third-order valence-corrected chi connectivity index (χ3v) is 1.84. The topological polar surface area (TPSA) is 63.9 Å². The molecule has 13 heavy (non-hydrogen) atoms. The molecule has 0 aliphatic heterocycles. The first-order chi connectivity index (χ1) is 6.43. The first-order valence-corrected chi connectivity index (χ1v) is 4.75. The van der Waals surface area contributed by atoms with Crippen LogP contribution in [0.4, 0.5) is 0 Å². The van der Waals surface area contributed by atoms with E-state index in [2.05, 4.69) is 10.2 Å². The molecule has 0 fully saturated rings. The van der Waals surface area contributed by atoms with E-state index in [1.165, 1.54) is 12.8 Å². The first-order valence-electron chi connectivity index (χ1n) is 4.75. The van der Waals surface area contributed by atoms with Gasteiger partial charge in [-0.15, -0.1) is 0 Å². The highest BCUT2D eigenvalue weighted by molar-refractivity contribution is 5.09. The molecule has 0 unspecified atom stereocenters. The van der Waals surface area contributed by atoms with Gasteiger partial charge in [0.05, 0.1) is 19.0 Å². The minimum atomic E-state index is 0.768. The summed E-state index contributed by atoms with van der Waals surface area (Å²) >= 11 is 0. The number of hydrogen-bond donors (Lipinski definition) is 2. The molecule has 0 spiro atoms. The second-order valence-electron chi connectivity index (χ2n) is 2.99. The lowest BCUT2D eigenvalue weighted by atomic mass is 10.2. The molecule has 3 N–H and O–H groups in total. The van der Waals surface area contributed by atoms with Crippen molar-refractivity contribution in [1.82, 2.24) is 10.2 Å². The lowest BCUT2D eigenvalue weighted by Crippen LogP contribution is -1.99. The fourth-order valence-electron chi connectivity index (χ4n) is 1.11. The Labute approximate surface area is 78.5 Å². The molecule has 4 nitrogen and oxygen atoms in total. The molecule has 0 saturated heterocycles. The van der Waals surface area contributed by atoms with Crippen LogP contribution in [-0.2, 0) is 0 Å². The molecule has 1 heterocycles. The number of hydrogen-bond acceptors (Lipinski definition) is 3. The summed E-state index contributed by atoms with van der Waals surface area (Å²) in [5, 5.41) is 6.48. The zero-order chi connectivity index (χ0) is 9.36. The maximum Gasteiger partial charge on any atom is 0.156 e. The molecule has 0 amide bonds. The minimum Gasteiger partial charge on any atom is -0.490 e. The van der Waals surface area contributed by atoms with Gasteiger partial charge in [-0.25, -0.2) is 0 Å². The van der Waals surface area contributed by atoms with Gasteiger partial charge >= 0.3 is 0 Å².